The van der Waals surface area contributed by atoms with E-state index in [4.69, 9.17) is 9.47 Å². The number of carbonyl (C=O) groups excluding carboxylic acids is 3. The molecule has 0 spiro atoms. The van der Waals surface area contributed by atoms with Crippen LogP contribution in [0.2, 0.25) is 0 Å². The first kappa shape index (κ1) is 21.5. The Hall–Kier alpha value is -3.35. The highest BCUT2D eigenvalue weighted by atomic mass is 16.5. The van der Waals surface area contributed by atoms with Gasteiger partial charge in [-0.2, -0.15) is 0 Å². The van der Waals surface area contributed by atoms with Crippen molar-refractivity contribution in [3.63, 3.8) is 0 Å². The number of nitrogens with one attached hydrogen (secondary N) is 1. The predicted molar refractivity (Wildman–Crippen MR) is 121 cm³/mol. The van der Waals surface area contributed by atoms with Gasteiger partial charge in [-0.25, -0.2) is 4.79 Å². The molecule has 2 heterocycles. The van der Waals surface area contributed by atoms with Gasteiger partial charge in [-0.3, -0.25) is 9.59 Å². The minimum Gasteiger partial charge on any atom is -0.493 e. The predicted octanol–water partition coefficient (Wildman–Crippen LogP) is 2.86. The minimum absolute atomic E-state index is 0.0251. The SMILES string of the molecule is C[C@@]12C[C@@H]1N(C(=O)CNC(=O)c1ccc3c(c1)CCCO3)[C@H](C(=O)OCc1ccccc1)C2. The second-order valence-corrected chi connectivity index (χ2v) is 9.45. The summed E-state index contributed by atoms with van der Waals surface area (Å²) in [6.07, 6.45) is 3.26. The molecule has 0 unspecified atom stereocenters. The molecular weight excluding hydrogens is 420 g/mol. The Morgan fingerprint density at radius 1 is 1.15 bits per heavy atom. The first-order valence-electron chi connectivity index (χ1n) is 11.5. The van der Waals surface area contributed by atoms with Gasteiger partial charge in [-0.1, -0.05) is 37.3 Å². The second kappa shape index (κ2) is 8.54. The van der Waals surface area contributed by atoms with Gasteiger partial charge in [0, 0.05) is 11.6 Å². The Morgan fingerprint density at radius 3 is 2.79 bits per heavy atom. The molecule has 1 aliphatic carbocycles. The van der Waals surface area contributed by atoms with E-state index < -0.39 is 6.04 Å². The number of ether oxygens (including phenoxy) is 2. The van der Waals surface area contributed by atoms with E-state index in [-0.39, 0.29) is 42.4 Å². The van der Waals surface area contributed by atoms with Crippen LogP contribution in [0.15, 0.2) is 48.5 Å². The number of likely N-dealkylation sites (tertiary alicyclic amines) is 1. The molecule has 33 heavy (non-hydrogen) atoms. The largest absolute Gasteiger partial charge is 0.493 e. The van der Waals surface area contributed by atoms with Crippen LogP contribution in [0.1, 0.15) is 47.7 Å². The number of nitrogens with zero attached hydrogens (tertiary/aromatic N) is 1. The number of esters is 1. The van der Waals surface area contributed by atoms with Gasteiger partial charge < -0.3 is 19.7 Å². The number of aryl methyl sites for hydroxylation is 1. The first-order valence-corrected chi connectivity index (χ1v) is 11.5. The van der Waals surface area contributed by atoms with Crippen molar-refractivity contribution in [1.82, 2.24) is 10.2 Å². The first-order chi connectivity index (χ1) is 15.9. The molecule has 0 aromatic heterocycles. The van der Waals surface area contributed by atoms with Gasteiger partial charge in [0.15, 0.2) is 0 Å². The summed E-state index contributed by atoms with van der Waals surface area (Å²) in [4.78, 5) is 40.2. The number of carbonyl (C=O) groups is 3. The molecule has 1 N–H and O–H groups in total. The van der Waals surface area contributed by atoms with Gasteiger partial charge in [0.25, 0.3) is 5.91 Å². The van der Waals surface area contributed by atoms with E-state index in [2.05, 4.69) is 12.2 Å². The van der Waals surface area contributed by atoms with E-state index in [9.17, 15) is 14.4 Å². The zero-order chi connectivity index (χ0) is 23.0. The molecule has 2 aromatic rings. The molecule has 1 saturated heterocycles. The van der Waals surface area contributed by atoms with Gasteiger partial charge in [0.05, 0.1) is 13.2 Å². The van der Waals surface area contributed by atoms with E-state index in [1.807, 2.05) is 36.4 Å². The van der Waals surface area contributed by atoms with Gasteiger partial charge in [-0.15, -0.1) is 0 Å². The average molecular weight is 449 g/mol. The Morgan fingerprint density at radius 2 is 1.97 bits per heavy atom. The summed E-state index contributed by atoms with van der Waals surface area (Å²) in [5, 5.41) is 2.73. The van der Waals surface area contributed by atoms with Crippen molar-refractivity contribution in [2.24, 2.45) is 5.41 Å². The van der Waals surface area contributed by atoms with E-state index in [1.165, 1.54) is 0 Å². The molecule has 2 aliphatic heterocycles. The molecule has 2 amide bonds. The van der Waals surface area contributed by atoms with E-state index >= 15 is 0 Å². The highest BCUT2D eigenvalue weighted by molar-refractivity contribution is 5.97. The molecule has 2 fully saturated rings. The van der Waals surface area contributed by atoms with Crippen molar-refractivity contribution in [2.75, 3.05) is 13.2 Å². The van der Waals surface area contributed by atoms with Crippen LogP contribution in [0, 0.1) is 5.41 Å². The fraction of sp³-hybridized carbons (Fsp3) is 0.423. The number of amides is 2. The van der Waals surface area contributed by atoms with Crippen molar-refractivity contribution in [1.29, 1.82) is 0 Å². The molecule has 3 atom stereocenters. The number of hydrogen-bond acceptors (Lipinski definition) is 5. The van der Waals surface area contributed by atoms with E-state index in [0.29, 0.717) is 18.6 Å². The normalized spacial score (nSPS) is 24.8. The van der Waals surface area contributed by atoms with E-state index in [0.717, 1.165) is 36.1 Å². The summed E-state index contributed by atoms with van der Waals surface area (Å²) in [5.74, 6) is -0.132. The third-order valence-corrected chi connectivity index (χ3v) is 6.99. The van der Waals surface area contributed by atoms with Gasteiger partial charge in [0.2, 0.25) is 5.91 Å². The Balaban J connectivity index is 1.20. The van der Waals surface area contributed by atoms with Crippen molar-refractivity contribution in [3.8, 4) is 5.75 Å². The van der Waals surface area contributed by atoms with Crippen LogP contribution in [0.25, 0.3) is 0 Å². The summed E-state index contributed by atoms with van der Waals surface area (Å²) in [6.45, 7) is 2.81. The minimum atomic E-state index is -0.609. The lowest BCUT2D eigenvalue weighted by Gasteiger charge is -2.26. The number of hydrogen-bond donors (Lipinski definition) is 1. The van der Waals surface area contributed by atoms with Crippen LogP contribution in [-0.4, -0.2) is 47.9 Å². The number of piperidine rings is 1. The molecule has 7 heteroatoms. The monoisotopic (exact) mass is 448 g/mol. The molecule has 1 saturated carbocycles. The third kappa shape index (κ3) is 4.32. The van der Waals surface area contributed by atoms with Gasteiger partial charge in [0.1, 0.15) is 18.4 Å². The van der Waals surface area contributed by atoms with Crippen LogP contribution in [0.5, 0.6) is 5.75 Å². The molecule has 2 aromatic carbocycles. The highest BCUT2D eigenvalue weighted by Gasteiger charge is 2.64. The summed E-state index contributed by atoms with van der Waals surface area (Å²) in [7, 11) is 0. The van der Waals surface area contributed by atoms with Gasteiger partial charge in [-0.05, 0) is 60.4 Å². The van der Waals surface area contributed by atoms with Crippen LogP contribution in [0.4, 0.5) is 0 Å². The molecule has 3 aliphatic rings. The maximum atomic E-state index is 13.1. The molecule has 5 rings (SSSR count). The lowest BCUT2D eigenvalue weighted by molar-refractivity contribution is -0.155. The lowest BCUT2D eigenvalue weighted by Crippen LogP contribution is -2.48. The van der Waals surface area contributed by atoms with Crippen molar-refractivity contribution in [2.45, 2.75) is 51.3 Å². The van der Waals surface area contributed by atoms with Crippen LogP contribution >= 0.6 is 0 Å². The zero-order valence-corrected chi connectivity index (χ0v) is 18.7. The van der Waals surface area contributed by atoms with Gasteiger partial charge >= 0.3 is 5.97 Å². The maximum Gasteiger partial charge on any atom is 0.329 e. The molecular formula is C26H28N2O5. The van der Waals surface area contributed by atoms with Crippen LogP contribution < -0.4 is 10.1 Å². The number of benzene rings is 2. The van der Waals surface area contributed by atoms with Crippen molar-refractivity contribution < 1.29 is 23.9 Å². The highest BCUT2D eigenvalue weighted by Crippen LogP contribution is 2.59. The Labute approximate surface area is 193 Å². The smallest absolute Gasteiger partial charge is 0.329 e. The molecule has 172 valence electrons. The fourth-order valence-corrected chi connectivity index (χ4v) is 5.01. The topological polar surface area (TPSA) is 84.9 Å². The average Bonchev–Trinajstić information content (AvgIpc) is 3.41. The summed E-state index contributed by atoms with van der Waals surface area (Å²) in [6, 6.07) is 14.2. The summed E-state index contributed by atoms with van der Waals surface area (Å²) >= 11 is 0. The summed E-state index contributed by atoms with van der Waals surface area (Å²) < 4.78 is 11.1. The zero-order valence-electron chi connectivity index (χ0n) is 18.7. The number of rotatable bonds is 6. The maximum absolute atomic E-state index is 13.1. The number of fused-ring (bicyclic) bond motifs is 2. The van der Waals surface area contributed by atoms with Crippen molar-refractivity contribution >= 4 is 17.8 Å². The lowest BCUT2D eigenvalue weighted by atomic mass is 10.0. The third-order valence-electron chi connectivity index (χ3n) is 6.99. The van der Waals surface area contributed by atoms with Crippen LogP contribution in [0.3, 0.4) is 0 Å². The quantitative estimate of drug-likeness (QED) is 0.687. The second-order valence-electron chi connectivity index (χ2n) is 9.45. The molecule has 0 radical (unpaired) electrons. The summed E-state index contributed by atoms with van der Waals surface area (Å²) in [5.41, 5.74) is 2.37. The van der Waals surface area contributed by atoms with Crippen molar-refractivity contribution in [3.05, 3.63) is 65.2 Å². The Bertz CT molecular complexity index is 1090. The van der Waals surface area contributed by atoms with E-state index in [1.54, 1.807) is 17.0 Å². The van der Waals surface area contributed by atoms with Crippen LogP contribution in [-0.2, 0) is 27.4 Å². The molecule has 7 nitrogen and oxygen atoms in total. The standard InChI is InChI=1S/C26H28N2O5/c1-26-13-20(25(31)33-16-17-6-3-2-4-7-17)28(22(26)14-26)23(29)15-27-24(30)19-9-10-21-18(12-19)8-5-11-32-21/h2-4,6-7,9-10,12,20,22H,5,8,11,13-16H2,1H3,(H,27,30)/t20-,22-,26+/m0/s1. The molecule has 0 bridgehead atoms. The Kier molecular flexibility index (Phi) is 5.56. The fourth-order valence-electron chi connectivity index (χ4n) is 5.01.